The number of aryl methyl sites for hydroxylation is 1. The Labute approximate surface area is 113 Å². The Bertz CT molecular complexity index is 435. The molecule has 4 nitrogen and oxygen atoms in total. The van der Waals surface area contributed by atoms with Gasteiger partial charge in [-0.2, -0.15) is 5.10 Å². The highest BCUT2D eigenvalue weighted by Gasteiger charge is 2.42. The summed E-state index contributed by atoms with van der Waals surface area (Å²) in [7, 11) is 0. The largest absolute Gasteiger partial charge is 0.316 e. The molecule has 100 valence electrons. The van der Waals surface area contributed by atoms with Crippen molar-refractivity contribution in [3.05, 3.63) is 16.9 Å². The molecule has 2 heterocycles. The van der Waals surface area contributed by atoms with Crippen molar-refractivity contribution in [1.29, 1.82) is 0 Å². The Morgan fingerprint density at radius 1 is 1.61 bits per heavy atom. The van der Waals surface area contributed by atoms with Gasteiger partial charge in [0, 0.05) is 18.5 Å². The second-order valence-corrected chi connectivity index (χ2v) is 5.36. The summed E-state index contributed by atoms with van der Waals surface area (Å²) >= 11 is 6.15. The fourth-order valence-corrected chi connectivity index (χ4v) is 2.85. The van der Waals surface area contributed by atoms with Gasteiger partial charge >= 0.3 is 0 Å². The van der Waals surface area contributed by atoms with E-state index in [2.05, 4.69) is 24.3 Å². The molecule has 0 spiro atoms. The maximum atomic E-state index is 12.8. The summed E-state index contributed by atoms with van der Waals surface area (Å²) in [6, 6.07) is 0. The molecule has 0 amide bonds. The van der Waals surface area contributed by atoms with Gasteiger partial charge in [0.2, 0.25) is 0 Å². The third-order valence-electron chi connectivity index (χ3n) is 3.85. The van der Waals surface area contributed by atoms with E-state index in [9.17, 15) is 4.79 Å². The highest BCUT2D eigenvalue weighted by atomic mass is 35.5. The number of halogens is 1. The molecule has 5 heteroatoms. The first-order valence-electron chi connectivity index (χ1n) is 6.61. The van der Waals surface area contributed by atoms with Gasteiger partial charge in [0.1, 0.15) is 5.69 Å². The lowest BCUT2D eigenvalue weighted by molar-refractivity contribution is 0.0798. The maximum Gasteiger partial charge on any atom is 0.189 e. The molecular formula is C13H20ClN3O. The zero-order valence-corrected chi connectivity index (χ0v) is 11.8. The van der Waals surface area contributed by atoms with Crippen LogP contribution in [0.15, 0.2) is 6.20 Å². The van der Waals surface area contributed by atoms with Gasteiger partial charge in [0.05, 0.1) is 11.2 Å². The van der Waals surface area contributed by atoms with Crippen LogP contribution in [0.2, 0.25) is 5.02 Å². The van der Waals surface area contributed by atoms with Crippen molar-refractivity contribution in [1.82, 2.24) is 15.1 Å². The van der Waals surface area contributed by atoms with Crippen LogP contribution in [0.5, 0.6) is 0 Å². The van der Waals surface area contributed by atoms with E-state index in [1.54, 1.807) is 10.9 Å². The number of hydrogen-bond donors (Lipinski definition) is 1. The molecule has 1 aromatic heterocycles. The number of Topliss-reactive ketones (excluding diaryl/α,β-unsaturated/α-hetero) is 1. The molecule has 1 aliphatic rings. The summed E-state index contributed by atoms with van der Waals surface area (Å²) in [6.45, 7) is 6.52. The Kier molecular flexibility index (Phi) is 4.07. The maximum absolute atomic E-state index is 12.8. The quantitative estimate of drug-likeness (QED) is 0.836. The summed E-state index contributed by atoms with van der Waals surface area (Å²) in [5.74, 6) is 0.144. The van der Waals surface area contributed by atoms with Gasteiger partial charge in [-0.1, -0.05) is 25.4 Å². The highest BCUT2D eigenvalue weighted by molar-refractivity contribution is 6.33. The van der Waals surface area contributed by atoms with E-state index in [-0.39, 0.29) is 11.2 Å². The van der Waals surface area contributed by atoms with Crippen LogP contribution in [-0.2, 0) is 6.54 Å². The molecule has 1 unspecified atom stereocenters. The van der Waals surface area contributed by atoms with Gasteiger partial charge in [0.25, 0.3) is 0 Å². The monoisotopic (exact) mass is 269 g/mol. The number of carbonyl (C=O) groups is 1. The van der Waals surface area contributed by atoms with E-state index in [4.69, 9.17) is 11.6 Å². The normalized spacial score (nSPS) is 23.5. The van der Waals surface area contributed by atoms with E-state index in [1.165, 1.54) is 0 Å². The van der Waals surface area contributed by atoms with Crippen LogP contribution in [0.3, 0.4) is 0 Å². The zero-order chi connectivity index (χ0) is 13.2. The van der Waals surface area contributed by atoms with Crippen LogP contribution >= 0.6 is 11.6 Å². The van der Waals surface area contributed by atoms with Crippen LogP contribution in [0.4, 0.5) is 0 Å². The number of hydrogen-bond acceptors (Lipinski definition) is 3. The van der Waals surface area contributed by atoms with E-state index >= 15 is 0 Å². The lowest BCUT2D eigenvalue weighted by Gasteiger charge is -2.25. The summed E-state index contributed by atoms with van der Waals surface area (Å²) in [5.41, 5.74) is 0.291. The number of ketones is 1. The lowest BCUT2D eigenvalue weighted by Crippen LogP contribution is -2.34. The van der Waals surface area contributed by atoms with Crippen molar-refractivity contribution < 1.29 is 4.79 Å². The Balaban J connectivity index is 2.35. The van der Waals surface area contributed by atoms with E-state index in [0.29, 0.717) is 10.7 Å². The van der Waals surface area contributed by atoms with Crippen molar-refractivity contribution in [2.75, 3.05) is 13.1 Å². The van der Waals surface area contributed by atoms with Gasteiger partial charge in [0.15, 0.2) is 5.78 Å². The number of rotatable bonds is 5. The van der Waals surface area contributed by atoms with Crippen molar-refractivity contribution >= 4 is 17.4 Å². The fourth-order valence-electron chi connectivity index (χ4n) is 2.62. The second kappa shape index (κ2) is 5.41. The minimum absolute atomic E-state index is 0.144. The van der Waals surface area contributed by atoms with Crippen molar-refractivity contribution in [2.45, 2.75) is 39.7 Å². The highest BCUT2D eigenvalue weighted by Crippen LogP contribution is 2.35. The molecule has 0 aromatic carbocycles. The first-order valence-corrected chi connectivity index (χ1v) is 6.99. The molecule has 2 rings (SSSR count). The summed E-state index contributed by atoms with van der Waals surface area (Å²) in [5, 5.41) is 7.97. The van der Waals surface area contributed by atoms with Crippen LogP contribution in [0.25, 0.3) is 0 Å². The number of nitrogens with zero attached hydrogens (tertiary/aromatic N) is 2. The molecule has 18 heavy (non-hydrogen) atoms. The average Bonchev–Trinajstić information content (AvgIpc) is 2.97. The van der Waals surface area contributed by atoms with Crippen LogP contribution in [0.1, 0.15) is 43.6 Å². The van der Waals surface area contributed by atoms with Gasteiger partial charge < -0.3 is 5.32 Å². The average molecular weight is 270 g/mol. The molecule has 1 saturated heterocycles. The van der Waals surface area contributed by atoms with E-state index in [0.717, 1.165) is 38.9 Å². The Morgan fingerprint density at radius 2 is 2.39 bits per heavy atom. The Hall–Kier alpha value is -0.870. The number of carbonyl (C=O) groups excluding carboxylic acids is 1. The predicted octanol–water partition coefficient (Wildman–Crippen LogP) is 2.52. The van der Waals surface area contributed by atoms with Crippen molar-refractivity contribution in [3.63, 3.8) is 0 Å². The summed E-state index contributed by atoms with van der Waals surface area (Å²) < 4.78 is 1.75. The van der Waals surface area contributed by atoms with Gasteiger partial charge in [-0.25, -0.2) is 0 Å². The van der Waals surface area contributed by atoms with Crippen LogP contribution in [-0.4, -0.2) is 28.7 Å². The topological polar surface area (TPSA) is 46.9 Å². The van der Waals surface area contributed by atoms with Crippen LogP contribution in [0, 0.1) is 5.41 Å². The third kappa shape index (κ3) is 2.19. The van der Waals surface area contributed by atoms with Gasteiger partial charge in [-0.05, 0) is 25.8 Å². The van der Waals surface area contributed by atoms with Crippen molar-refractivity contribution in [3.8, 4) is 0 Å². The molecule has 1 aromatic rings. The second-order valence-electron chi connectivity index (χ2n) is 4.95. The van der Waals surface area contributed by atoms with Crippen LogP contribution < -0.4 is 5.32 Å². The molecule has 0 radical (unpaired) electrons. The first kappa shape index (κ1) is 13.6. The molecule has 0 aliphatic carbocycles. The number of nitrogens with one attached hydrogen (secondary N) is 1. The molecular weight excluding hydrogens is 250 g/mol. The minimum Gasteiger partial charge on any atom is -0.316 e. The molecule has 1 aliphatic heterocycles. The molecule has 1 atom stereocenters. The minimum atomic E-state index is -0.296. The van der Waals surface area contributed by atoms with E-state index < -0.39 is 0 Å². The predicted molar refractivity (Wildman–Crippen MR) is 72.1 cm³/mol. The van der Waals surface area contributed by atoms with Gasteiger partial charge in [-0.3, -0.25) is 9.48 Å². The molecule has 0 saturated carbocycles. The summed E-state index contributed by atoms with van der Waals surface area (Å²) in [4.78, 5) is 12.8. The Morgan fingerprint density at radius 3 is 2.94 bits per heavy atom. The molecule has 1 N–H and O–H groups in total. The van der Waals surface area contributed by atoms with Crippen molar-refractivity contribution in [2.24, 2.45) is 5.41 Å². The zero-order valence-electron chi connectivity index (χ0n) is 11.0. The lowest BCUT2D eigenvalue weighted by atomic mass is 9.78. The van der Waals surface area contributed by atoms with Gasteiger partial charge in [-0.15, -0.1) is 0 Å². The van der Waals surface area contributed by atoms with E-state index in [1.807, 2.05) is 0 Å². The first-order chi connectivity index (χ1) is 8.64. The fraction of sp³-hybridized carbons (Fsp3) is 0.692. The SMILES string of the molecule is CCCn1ncc(Cl)c1C(=O)C1(CC)CCNC1. The molecule has 0 bridgehead atoms. The summed E-state index contributed by atoms with van der Waals surface area (Å²) in [6.07, 6.45) is 4.24. The smallest absolute Gasteiger partial charge is 0.189 e. The standard InChI is InChI=1S/C13H20ClN3O/c1-3-7-17-11(10(14)8-16-17)12(18)13(4-2)5-6-15-9-13/h8,15H,3-7,9H2,1-2H3. The number of aromatic nitrogens is 2. The third-order valence-corrected chi connectivity index (χ3v) is 4.12. The molecule has 1 fully saturated rings.